The number of benzene rings is 1. The molecule has 0 unspecified atom stereocenters. The monoisotopic (exact) mass is 263 g/mol. The lowest BCUT2D eigenvalue weighted by Crippen LogP contribution is -2.00. The first-order chi connectivity index (χ1) is 6.13. The third-order valence-electron chi connectivity index (χ3n) is 1.39. The second-order valence-corrected chi connectivity index (χ2v) is 3.45. The maximum Gasteiger partial charge on any atom is 0.318 e. The minimum Gasteiger partial charge on any atom is -0.496 e. The fourth-order valence-corrected chi connectivity index (χ4v) is 1.51. The Hall–Kier alpha value is -0.740. The number of rotatable bonds is 2. The summed E-state index contributed by atoms with van der Waals surface area (Å²) in [4.78, 5) is 10.5. The van der Waals surface area contributed by atoms with Gasteiger partial charge in [0.05, 0.1) is 11.6 Å². The van der Waals surface area contributed by atoms with Gasteiger partial charge in [0, 0.05) is 5.69 Å². The standard InChI is InChI=1S/C8H7BrClNO2/c1-13-7-3-2-5(4-6(7)9)11-8(10)12/h2-4H,1H3,(H,11,12). The molecule has 70 valence electrons. The van der Waals surface area contributed by atoms with Crippen LogP contribution in [-0.4, -0.2) is 12.5 Å². The van der Waals surface area contributed by atoms with E-state index in [1.165, 1.54) is 0 Å². The van der Waals surface area contributed by atoms with E-state index in [2.05, 4.69) is 21.2 Å². The van der Waals surface area contributed by atoms with Crippen LogP contribution in [0.4, 0.5) is 10.5 Å². The predicted molar refractivity (Wildman–Crippen MR) is 55.6 cm³/mol. The van der Waals surface area contributed by atoms with Crippen molar-refractivity contribution in [2.24, 2.45) is 0 Å². The van der Waals surface area contributed by atoms with E-state index in [-0.39, 0.29) is 0 Å². The van der Waals surface area contributed by atoms with Gasteiger partial charge in [0.2, 0.25) is 0 Å². The van der Waals surface area contributed by atoms with Crippen LogP contribution >= 0.6 is 27.5 Å². The number of anilines is 1. The van der Waals surface area contributed by atoms with Crippen molar-refractivity contribution in [2.45, 2.75) is 0 Å². The molecule has 0 heterocycles. The van der Waals surface area contributed by atoms with Crippen LogP contribution in [0.1, 0.15) is 0 Å². The first-order valence-corrected chi connectivity index (χ1v) is 4.60. The molecule has 0 radical (unpaired) electrons. The molecule has 0 aromatic heterocycles. The highest BCUT2D eigenvalue weighted by Gasteiger charge is 2.02. The molecule has 1 rings (SSSR count). The zero-order valence-electron chi connectivity index (χ0n) is 6.80. The molecule has 13 heavy (non-hydrogen) atoms. The molecule has 0 bridgehead atoms. The van der Waals surface area contributed by atoms with Crippen molar-refractivity contribution >= 4 is 38.6 Å². The molecule has 3 nitrogen and oxygen atoms in total. The highest BCUT2D eigenvalue weighted by atomic mass is 79.9. The van der Waals surface area contributed by atoms with Crippen LogP contribution in [0.15, 0.2) is 22.7 Å². The third-order valence-corrected chi connectivity index (χ3v) is 2.11. The number of halogens is 2. The van der Waals surface area contributed by atoms with Crippen molar-refractivity contribution in [2.75, 3.05) is 12.4 Å². The molecule has 0 aliphatic heterocycles. The van der Waals surface area contributed by atoms with Gasteiger partial charge in [-0.1, -0.05) is 0 Å². The van der Waals surface area contributed by atoms with Crippen LogP contribution in [0.25, 0.3) is 0 Å². The number of hydrogen-bond acceptors (Lipinski definition) is 2. The summed E-state index contributed by atoms with van der Waals surface area (Å²) >= 11 is 8.42. The van der Waals surface area contributed by atoms with Crippen molar-refractivity contribution < 1.29 is 9.53 Å². The largest absolute Gasteiger partial charge is 0.496 e. The van der Waals surface area contributed by atoms with E-state index in [0.717, 1.165) is 4.47 Å². The topological polar surface area (TPSA) is 38.3 Å². The lowest BCUT2D eigenvalue weighted by molar-refractivity contribution is 0.269. The summed E-state index contributed by atoms with van der Waals surface area (Å²) in [5.74, 6) is 0.701. The van der Waals surface area contributed by atoms with Gasteiger partial charge in [-0.3, -0.25) is 4.79 Å². The minimum atomic E-state index is -0.614. The quantitative estimate of drug-likeness (QED) is 0.658. The van der Waals surface area contributed by atoms with Crippen molar-refractivity contribution in [3.63, 3.8) is 0 Å². The van der Waals surface area contributed by atoms with Gasteiger partial charge in [-0.2, -0.15) is 0 Å². The Bertz CT molecular complexity index is 330. The molecular formula is C8H7BrClNO2. The average molecular weight is 265 g/mol. The Morgan fingerprint density at radius 3 is 2.77 bits per heavy atom. The SMILES string of the molecule is COc1ccc(NC(=O)Cl)cc1Br. The van der Waals surface area contributed by atoms with E-state index in [1.54, 1.807) is 25.3 Å². The summed E-state index contributed by atoms with van der Waals surface area (Å²) in [5.41, 5.74) is 0.618. The molecule has 0 saturated carbocycles. The van der Waals surface area contributed by atoms with Gasteiger partial charge in [-0.25, -0.2) is 0 Å². The third kappa shape index (κ3) is 2.90. The van der Waals surface area contributed by atoms with Gasteiger partial charge in [-0.05, 0) is 45.7 Å². The van der Waals surface area contributed by atoms with Crippen LogP contribution in [0.2, 0.25) is 0 Å². The molecule has 0 fully saturated rings. The summed E-state index contributed by atoms with van der Waals surface area (Å²) in [7, 11) is 1.57. The molecule has 1 aromatic carbocycles. The first-order valence-electron chi connectivity index (χ1n) is 3.43. The molecule has 1 aromatic rings. The molecule has 1 N–H and O–H groups in total. The number of methoxy groups -OCH3 is 1. The second kappa shape index (κ2) is 4.48. The second-order valence-electron chi connectivity index (χ2n) is 2.25. The van der Waals surface area contributed by atoms with Gasteiger partial charge in [-0.15, -0.1) is 0 Å². The van der Waals surface area contributed by atoms with E-state index < -0.39 is 5.37 Å². The Labute approximate surface area is 89.2 Å². The normalized spacial score (nSPS) is 9.46. The molecule has 0 aliphatic carbocycles. The maximum absolute atomic E-state index is 10.5. The summed E-state index contributed by atoms with van der Waals surface area (Å²) in [6, 6.07) is 5.13. The van der Waals surface area contributed by atoms with Crippen molar-refractivity contribution in [3.05, 3.63) is 22.7 Å². The smallest absolute Gasteiger partial charge is 0.318 e. The van der Waals surface area contributed by atoms with E-state index in [0.29, 0.717) is 11.4 Å². The van der Waals surface area contributed by atoms with Gasteiger partial charge in [0.25, 0.3) is 0 Å². The zero-order valence-corrected chi connectivity index (χ0v) is 9.15. The Balaban J connectivity index is 2.89. The highest BCUT2D eigenvalue weighted by Crippen LogP contribution is 2.27. The summed E-state index contributed by atoms with van der Waals surface area (Å²) in [6.45, 7) is 0. The molecular weight excluding hydrogens is 257 g/mol. The van der Waals surface area contributed by atoms with E-state index >= 15 is 0 Å². The summed E-state index contributed by atoms with van der Waals surface area (Å²) in [6.07, 6.45) is 0. The van der Waals surface area contributed by atoms with Crippen LogP contribution in [-0.2, 0) is 0 Å². The molecule has 0 spiro atoms. The van der Waals surface area contributed by atoms with Gasteiger partial charge in [0.1, 0.15) is 5.75 Å². The Morgan fingerprint density at radius 1 is 1.62 bits per heavy atom. The van der Waals surface area contributed by atoms with E-state index in [1.807, 2.05) is 0 Å². The number of nitrogens with one attached hydrogen (secondary N) is 1. The van der Waals surface area contributed by atoms with Crippen molar-refractivity contribution in [1.82, 2.24) is 0 Å². The lowest BCUT2D eigenvalue weighted by atomic mass is 10.3. The molecule has 0 saturated heterocycles. The highest BCUT2D eigenvalue weighted by molar-refractivity contribution is 9.10. The molecule has 1 amide bonds. The summed E-state index contributed by atoms with van der Waals surface area (Å²) < 4.78 is 5.77. The Morgan fingerprint density at radius 2 is 2.31 bits per heavy atom. The van der Waals surface area contributed by atoms with Crippen LogP contribution in [0.5, 0.6) is 5.75 Å². The summed E-state index contributed by atoms with van der Waals surface area (Å²) in [5, 5.41) is 1.82. The molecule has 5 heteroatoms. The minimum absolute atomic E-state index is 0.614. The van der Waals surface area contributed by atoms with Crippen molar-refractivity contribution in [3.8, 4) is 5.75 Å². The maximum atomic E-state index is 10.5. The molecule has 0 atom stereocenters. The van der Waals surface area contributed by atoms with Gasteiger partial charge >= 0.3 is 5.37 Å². The average Bonchev–Trinajstić information content (AvgIpc) is 2.03. The number of carbonyl (C=O) groups is 1. The van der Waals surface area contributed by atoms with Crippen molar-refractivity contribution in [1.29, 1.82) is 0 Å². The predicted octanol–water partition coefficient (Wildman–Crippen LogP) is 3.23. The van der Waals surface area contributed by atoms with E-state index in [9.17, 15) is 4.79 Å². The van der Waals surface area contributed by atoms with Crippen LogP contribution < -0.4 is 10.1 Å². The fraction of sp³-hybridized carbons (Fsp3) is 0.125. The number of ether oxygens (including phenoxy) is 1. The lowest BCUT2D eigenvalue weighted by Gasteiger charge is -2.05. The number of amides is 1. The van der Waals surface area contributed by atoms with Crippen LogP contribution in [0, 0.1) is 0 Å². The van der Waals surface area contributed by atoms with Gasteiger partial charge in [0.15, 0.2) is 0 Å². The zero-order chi connectivity index (χ0) is 9.84. The number of hydrogen-bond donors (Lipinski definition) is 1. The van der Waals surface area contributed by atoms with E-state index in [4.69, 9.17) is 16.3 Å². The molecule has 0 aliphatic rings. The number of carbonyl (C=O) groups excluding carboxylic acids is 1. The van der Waals surface area contributed by atoms with Crippen LogP contribution in [0.3, 0.4) is 0 Å². The Kier molecular flexibility index (Phi) is 3.57. The van der Waals surface area contributed by atoms with Gasteiger partial charge < -0.3 is 10.1 Å². The first kappa shape index (κ1) is 10.3. The fourth-order valence-electron chi connectivity index (χ4n) is 0.858.